The van der Waals surface area contributed by atoms with Crippen molar-refractivity contribution in [2.24, 2.45) is 0 Å². The van der Waals surface area contributed by atoms with Crippen LogP contribution in [0.3, 0.4) is 0 Å². The molecule has 0 unspecified atom stereocenters. The van der Waals surface area contributed by atoms with E-state index in [0.29, 0.717) is 39.1 Å². The second-order valence-corrected chi connectivity index (χ2v) is 9.24. The van der Waals surface area contributed by atoms with Gasteiger partial charge in [-0.1, -0.05) is 43.3 Å². The molecule has 2 amide bonds. The third-order valence-electron chi connectivity index (χ3n) is 6.46. The molecule has 0 saturated carbocycles. The van der Waals surface area contributed by atoms with Gasteiger partial charge in [-0.3, -0.25) is 9.59 Å². The number of aromatic amines is 1. The van der Waals surface area contributed by atoms with Gasteiger partial charge in [0, 0.05) is 42.3 Å². The smallest absolute Gasteiger partial charge is 0.254 e. The number of H-pyrrole nitrogens is 1. The van der Waals surface area contributed by atoms with Crippen molar-refractivity contribution in [1.82, 2.24) is 14.8 Å². The summed E-state index contributed by atoms with van der Waals surface area (Å²) in [5.41, 5.74) is 3.40. The first-order valence-corrected chi connectivity index (χ1v) is 13.1. The highest BCUT2D eigenvalue weighted by Crippen LogP contribution is 2.20. The number of nitrogens with one attached hydrogen (secondary N) is 1. The van der Waals surface area contributed by atoms with Crippen LogP contribution >= 0.6 is 0 Å². The fourth-order valence-corrected chi connectivity index (χ4v) is 4.55. The molecule has 7 heteroatoms. The first-order chi connectivity index (χ1) is 18.5. The molecule has 0 atom stereocenters. The molecule has 0 aliphatic heterocycles. The molecule has 6 nitrogen and oxygen atoms in total. The molecule has 4 rings (SSSR count). The lowest BCUT2D eigenvalue weighted by Crippen LogP contribution is -2.43. The molecule has 3 aromatic carbocycles. The molecular formula is C31H34FN3O3. The zero-order chi connectivity index (χ0) is 26.9. The predicted molar refractivity (Wildman–Crippen MR) is 148 cm³/mol. The summed E-state index contributed by atoms with van der Waals surface area (Å²) < 4.78 is 19.3. The number of hydrogen-bond acceptors (Lipinski definition) is 3. The maximum Gasteiger partial charge on any atom is 0.254 e. The van der Waals surface area contributed by atoms with Crippen molar-refractivity contribution >= 4 is 22.7 Å². The third kappa shape index (κ3) is 6.79. The number of amides is 2. The first-order valence-electron chi connectivity index (χ1n) is 13.1. The Hall–Kier alpha value is -4.13. The molecular weight excluding hydrogens is 481 g/mol. The number of carbonyl (C=O) groups is 2. The summed E-state index contributed by atoms with van der Waals surface area (Å²) in [5, 5.41) is 1.13. The van der Waals surface area contributed by atoms with E-state index in [-0.39, 0.29) is 23.9 Å². The maximum atomic E-state index is 13.8. The van der Waals surface area contributed by atoms with E-state index in [9.17, 15) is 14.0 Å². The van der Waals surface area contributed by atoms with Crippen LogP contribution in [0, 0.1) is 5.82 Å². The molecule has 0 fully saturated rings. The van der Waals surface area contributed by atoms with Gasteiger partial charge in [-0.25, -0.2) is 4.39 Å². The molecule has 1 N–H and O–H groups in total. The van der Waals surface area contributed by atoms with Crippen LogP contribution in [-0.4, -0.2) is 52.8 Å². The van der Waals surface area contributed by atoms with Crippen molar-refractivity contribution in [2.45, 2.75) is 33.2 Å². The van der Waals surface area contributed by atoms with Crippen molar-refractivity contribution in [3.8, 4) is 5.75 Å². The predicted octanol–water partition coefficient (Wildman–Crippen LogP) is 5.83. The van der Waals surface area contributed by atoms with Crippen LogP contribution in [0.15, 0.2) is 79.0 Å². The van der Waals surface area contributed by atoms with Gasteiger partial charge in [0.15, 0.2) is 0 Å². The van der Waals surface area contributed by atoms with Gasteiger partial charge in [-0.05, 0) is 67.3 Å². The van der Waals surface area contributed by atoms with Gasteiger partial charge in [-0.2, -0.15) is 0 Å². The van der Waals surface area contributed by atoms with Crippen LogP contribution in [0.5, 0.6) is 5.75 Å². The number of hydrogen-bond donors (Lipinski definition) is 1. The Kier molecular flexibility index (Phi) is 9.14. The van der Waals surface area contributed by atoms with E-state index in [4.69, 9.17) is 4.74 Å². The van der Waals surface area contributed by atoms with Crippen molar-refractivity contribution < 1.29 is 18.7 Å². The minimum Gasteiger partial charge on any atom is -0.494 e. The number of rotatable bonds is 12. The molecule has 0 aliphatic rings. The molecule has 38 heavy (non-hydrogen) atoms. The fraction of sp³-hybridized carbons (Fsp3) is 0.290. The molecule has 0 radical (unpaired) electrons. The number of aromatic nitrogens is 1. The van der Waals surface area contributed by atoms with Crippen LogP contribution in [0.25, 0.3) is 10.9 Å². The SMILES string of the molecule is CCCN(CC(=O)N(CCc1c[nH]c2ccccc12)Cc1ccc(OCC)cc1)C(=O)c1cccc(F)c1. The summed E-state index contributed by atoms with van der Waals surface area (Å²) in [6.07, 6.45) is 3.34. The van der Waals surface area contributed by atoms with Crippen molar-refractivity contribution in [2.75, 3.05) is 26.2 Å². The number of carbonyl (C=O) groups excluding carboxylic acids is 2. The Balaban J connectivity index is 1.53. The molecule has 198 valence electrons. The van der Waals surface area contributed by atoms with E-state index in [1.54, 1.807) is 11.0 Å². The minimum absolute atomic E-state index is 0.0753. The largest absolute Gasteiger partial charge is 0.494 e. The van der Waals surface area contributed by atoms with Crippen molar-refractivity contribution in [3.05, 3.63) is 102 Å². The maximum absolute atomic E-state index is 13.8. The van der Waals surface area contributed by atoms with Crippen LogP contribution in [0.2, 0.25) is 0 Å². The summed E-state index contributed by atoms with van der Waals surface area (Å²) >= 11 is 0. The van der Waals surface area contributed by atoms with E-state index in [1.165, 1.54) is 23.1 Å². The zero-order valence-electron chi connectivity index (χ0n) is 22.0. The van der Waals surface area contributed by atoms with Crippen molar-refractivity contribution in [3.63, 3.8) is 0 Å². The number of nitrogens with zero attached hydrogens (tertiary/aromatic N) is 2. The number of halogens is 1. The molecule has 1 heterocycles. The lowest BCUT2D eigenvalue weighted by molar-refractivity contribution is -0.132. The van der Waals surface area contributed by atoms with E-state index in [1.807, 2.05) is 62.5 Å². The second kappa shape index (κ2) is 12.9. The zero-order valence-corrected chi connectivity index (χ0v) is 22.0. The molecule has 0 saturated heterocycles. The Bertz CT molecular complexity index is 1370. The molecule has 4 aromatic rings. The quantitative estimate of drug-likeness (QED) is 0.258. The van der Waals surface area contributed by atoms with E-state index in [0.717, 1.165) is 27.8 Å². The molecule has 0 spiro atoms. The monoisotopic (exact) mass is 515 g/mol. The van der Waals surface area contributed by atoms with Gasteiger partial charge in [-0.15, -0.1) is 0 Å². The van der Waals surface area contributed by atoms with Crippen LogP contribution < -0.4 is 4.74 Å². The van der Waals surface area contributed by atoms with Crippen LogP contribution in [0.1, 0.15) is 41.8 Å². The highest BCUT2D eigenvalue weighted by atomic mass is 19.1. The summed E-state index contributed by atoms with van der Waals surface area (Å²) in [4.78, 5) is 33.4. The summed E-state index contributed by atoms with van der Waals surface area (Å²) in [7, 11) is 0. The van der Waals surface area contributed by atoms with Crippen LogP contribution in [-0.2, 0) is 17.8 Å². The fourth-order valence-electron chi connectivity index (χ4n) is 4.55. The number of ether oxygens (including phenoxy) is 1. The Morgan fingerprint density at radius 1 is 0.921 bits per heavy atom. The van der Waals surface area contributed by atoms with Gasteiger partial charge in [0.25, 0.3) is 5.91 Å². The summed E-state index contributed by atoms with van der Waals surface area (Å²) in [5.74, 6) is -0.202. The standard InChI is InChI=1S/C31H34FN3O3/c1-3-17-35(31(37)24-8-7-9-26(32)19-24)22-30(36)34(21-23-12-14-27(15-13-23)38-4-2)18-16-25-20-33-29-11-6-5-10-28(25)29/h5-15,19-20,33H,3-4,16-18,21-22H2,1-2H3. The summed E-state index contributed by atoms with van der Waals surface area (Å²) in [6, 6.07) is 21.4. The molecule has 0 aliphatic carbocycles. The first kappa shape index (κ1) is 26.9. The number of para-hydroxylation sites is 1. The highest BCUT2D eigenvalue weighted by Gasteiger charge is 2.23. The number of benzene rings is 3. The van der Waals surface area contributed by atoms with Gasteiger partial charge < -0.3 is 19.5 Å². The minimum atomic E-state index is -0.477. The topological polar surface area (TPSA) is 65.6 Å². The molecule has 1 aromatic heterocycles. The molecule has 0 bridgehead atoms. The normalized spacial score (nSPS) is 10.9. The van der Waals surface area contributed by atoms with Crippen molar-refractivity contribution in [1.29, 1.82) is 0 Å². The number of fused-ring (bicyclic) bond motifs is 1. The summed E-state index contributed by atoms with van der Waals surface area (Å²) in [6.45, 7) is 5.69. The van der Waals surface area contributed by atoms with E-state index in [2.05, 4.69) is 11.1 Å². The Morgan fingerprint density at radius 3 is 2.45 bits per heavy atom. The highest BCUT2D eigenvalue weighted by molar-refractivity contribution is 5.96. The van der Waals surface area contributed by atoms with Gasteiger partial charge >= 0.3 is 0 Å². The second-order valence-electron chi connectivity index (χ2n) is 9.24. The van der Waals surface area contributed by atoms with Gasteiger partial charge in [0.1, 0.15) is 18.1 Å². The van der Waals surface area contributed by atoms with Gasteiger partial charge in [0.2, 0.25) is 5.91 Å². The average molecular weight is 516 g/mol. The average Bonchev–Trinajstić information content (AvgIpc) is 3.34. The van der Waals surface area contributed by atoms with E-state index < -0.39 is 5.82 Å². The Labute approximate surface area is 223 Å². The third-order valence-corrected chi connectivity index (χ3v) is 6.46. The lowest BCUT2D eigenvalue weighted by Gasteiger charge is -2.28. The lowest BCUT2D eigenvalue weighted by atomic mass is 10.1. The van der Waals surface area contributed by atoms with Crippen LogP contribution in [0.4, 0.5) is 4.39 Å². The van der Waals surface area contributed by atoms with Gasteiger partial charge in [0.05, 0.1) is 6.61 Å². The Morgan fingerprint density at radius 2 is 1.71 bits per heavy atom. The van der Waals surface area contributed by atoms with E-state index >= 15 is 0 Å².